The first-order chi connectivity index (χ1) is 8.11. The van der Waals surface area contributed by atoms with Gasteiger partial charge in [0.05, 0.1) is 11.6 Å². The number of aryl methyl sites for hydroxylation is 2. The van der Waals surface area contributed by atoms with Crippen molar-refractivity contribution in [2.75, 3.05) is 0 Å². The molecule has 0 amide bonds. The van der Waals surface area contributed by atoms with Crippen LogP contribution in [0.4, 0.5) is 4.39 Å². The number of nitriles is 1. The van der Waals surface area contributed by atoms with E-state index < -0.39 is 0 Å². The molecular formula is C14H11FN2. The SMILES string of the molecule is Cc1cncc(-c2cc(F)c(C)cc2C#N)c1. The summed E-state index contributed by atoms with van der Waals surface area (Å²) in [6.07, 6.45) is 3.36. The van der Waals surface area contributed by atoms with Crippen molar-refractivity contribution >= 4 is 0 Å². The van der Waals surface area contributed by atoms with Crippen molar-refractivity contribution < 1.29 is 4.39 Å². The molecule has 84 valence electrons. The molecule has 0 aliphatic heterocycles. The largest absolute Gasteiger partial charge is 0.264 e. The van der Waals surface area contributed by atoms with Gasteiger partial charge in [-0.05, 0) is 43.2 Å². The Kier molecular flexibility index (Phi) is 2.88. The summed E-state index contributed by atoms with van der Waals surface area (Å²) in [4.78, 5) is 4.06. The van der Waals surface area contributed by atoms with E-state index in [1.807, 2.05) is 13.0 Å². The molecule has 3 heteroatoms. The summed E-state index contributed by atoms with van der Waals surface area (Å²) in [5.74, 6) is -0.305. The second-order valence-electron chi connectivity index (χ2n) is 4.01. The fourth-order valence-corrected chi connectivity index (χ4v) is 1.72. The highest BCUT2D eigenvalue weighted by Crippen LogP contribution is 2.26. The number of hydrogen-bond donors (Lipinski definition) is 0. The van der Waals surface area contributed by atoms with Crippen molar-refractivity contribution in [3.05, 3.63) is 53.1 Å². The van der Waals surface area contributed by atoms with Gasteiger partial charge in [-0.2, -0.15) is 5.26 Å². The summed E-state index contributed by atoms with van der Waals surface area (Å²) in [6.45, 7) is 3.56. The highest BCUT2D eigenvalue weighted by molar-refractivity contribution is 5.70. The van der Waals surface area contributed by atoms with Crippen LogP contribution in [0.25, 0.3) is 11.1 Å². The van der Waals surface area contributed by atoms with Crippen molar-refractivity contribution in [3.63, 3.8) is 0 Å². The van der Waals surface area contributed by atoms with E-state index in [-0.39, 0.29) is 5.82 Å². The lowest BCUT2D eigenvalue weighted by molar-refractivity contribution is 0.619. The van der Waals surface area contributed by atoms with Gasteiger partial charge in [0.1, 0.15) is 5.82 Å². The van der Waals surface area contributed by atoms with Gasteiger partial charge in [-0.25, -0.2) is 4.39 Å². The average Bonchev–Trinajstić information content (AvgIpc) is 2.32. The fourth-order valence-electron chi connectivity index (χ4n) is 1.72. The Hall–Kier alpha value is -2.21. The van der Waals surface area contributed by atoms with Crippen molar-refractivity contribution in [1.82, 2.24) is 4.98 Å². The maximum atomic E-state index is 13.6. The smallest absolute Gasteiger partial charge is 0.126 e. The van der Waals surface area contributed by atoms with Crippen LogP contribution in [0, 0.1) is 31.0 Å². The standard InChI is InChI=1S/C14H11FN2/c1-9-3-12(8-17-7-9)13-5-14(15)10(2)4-11(13)6-16/h3-5,7-8H,1-2H3. The summed E-state index contributed by atoms with van der Waals surface area (Å²) < 4.78 is 13.6. The monoisotopic (exact) mass is 226 g/mol. The van der Waals surface area contributed by atoms with Crippen molar-refractivity contribution in [2.45, 2.75) is 13.8 Å². The topological polar surface area (TPSA) is 36.7 Å². The number of nitrogens with zero attached hydrogens (tertiary/aromatic N) is 2. The highest BCUT2D eigenvalue weighted by Gasteiger charge is 2.09. The quantitative estimate of drug-likeness (QED) is 0.747. The number of halogens is 1. The number of rotatable bonds is 1. The van der Waals surface area contributed by atoms with E-state index >= 15 is 0 Å². The van der Waals surface area contributed by atoms with Gasteiger partial charge in [-0.15, -0.1) is 0 Å². The summed E-state index contributed by atoms with van der Waals surface area (Å²) in [5.41, 5.74) is 3.28. The number of aromatic nitrogens is 1. The highest BCUT2D eigenvalue weighted by atomic mass is 19.1. The summed E-state index contributed by atoms with van der Waals surface area (Å²) in [7, 11) is 0. The van der Waals surface area contributed by atoms with Crippen LogP contribution in [0.15, 0.2) is 30.6 Å². The maximum absolute atomic E-state index is 13.6. The molecule has 0 fully saturated rings. The molecule has 0 aliphatic rings. The minimum absolute atomic E-state index is 0.305. The molecule has 0 radical (unpaired) electrons. The molecular weight excluding hydrogens is 215 g/mol. The van der Waals surface area contributed by atoms with Gasteiger partial charge >= 0.3 is 0 Å². The van der Waals surface area contributed by atoms with Gasteiger partial charge < -0.3 is 0 Å². The van der Waals surface area contributed by atoms with Crippen LogP contribution in [0.5, 0.6) is 0 Å². The lowest BCUT2D eigenvalue weighted by Crippen LogP contribution is -1.91. The summed E-state index contributed by atoms with van der Waals surface area (Å²) in [6, 6.07) is 6.93. The first-order valence-corrected chi connectivity index (χ1v) is 5.24. The fraction of sp³-hybridized carbons (Fsp3) is 0.143. The average molecular weight is 226 g/mol. The molecule has 0 saturated heterocycles. The normalized spacial score (nSPS) is 10.0. The van der Waals surface area contributed by atoms with E-state index in [1.165, 1.54) is 6.07 Å². The zero-order valence-corrected chi connectivity index (χ0v) is 9.66. The van der Waals surface area contributed by atoms with E-state index in [4.69, 9.17) is 5.26 Å². The van der Waals surface area contributed by atoms with Gasteiger partial charge in [-0.3, -0.25) is 4.98 Å². The first kappa shape index (κ1) is 11.3. The Morgan fingerprint density at radius 2 is 1.94 bits per heavy atom. The maximum Gasteiger partial charge on any atom is 0.126 e. The zero-order valence-electron chi connectivity index (χ0n) is 9.66. The molecule has 0 bridgehead atoms. The molecule has 17 heavy (non-hydrogen) atoms. The van der Waals surface area contributed by atoms with Gasteiger partial charge in [0.25, 0.3) is 0 Å². The zero-order chi connectivity index (χ0) is 12.4. The Balaban J connectivity index is 2.67. The third kappa shape index (κ3) is 2.16. The number of pyridine rings is 1. The number of benzene rings is 1. The van der Waals surface area contributed by atoms with E-state index in [9.17, 15) is 4.39 Å². The van der Waals surface area contributed by atoms with Crippen molar-refractivity contribution in [1.29, 1.82) is 5.26 Å². The predicted octanol–water partition coefficient (Wildman–Crippen LogP) is 3.38. The molecule has 0 unspecified atom stereocenters. The van der Waals surface area contributed by atoms with Crippen LogP contribution >= 0.6 is 0 Å². The molecule has 0 spiro atoms. The van der Waals surface area contributed by atoms with Crippen LogP contribution < -0.4 is 0 Å². The molecule has 2 rings (SSSR count). The predicted molar refractivity (Wildman–Crippen MR) is 63.8 cm³/mol. The Morgan fingerprint density at radius 1 is 1.18 bits per heavy atom. The van der Waals surface area contributed by atoms with E-state index in [0.29, 0.717) is 16.7 Å². The van der Waals surface area contributed by atoms with Gasteiger partial charge in [0.2, 0.25) is 0 Å². The Morgan fingerprint density at radius 3 is 2.59 bits per heavy atom. The minimum Gasteiger partial charge on any atom is -0.264 e. The molecule has 1 aromatic carbocycles. The van der Waals surface area contributed by atoms with Crippen molar-refractivity contribution in [2.24, 2.45) is 0 Å². The third-order valence-electron chi connectivity index (χ3n) is 2.61. The Bertz CT molecular complexity index is 612. The minimum atomic E-state index is -0.305. The van der Waals surface area contributed by atoms with Crippen LogP contribution in [-0.4, -0.2) is 4.98 Å². The lowest BCUT2D eigenvalue weighted by Gasteiger charge is -2.06. The van der Waals surface area contributed by atoms with E-state index in [0.717, 1.165) is 11.1 Å². The molecule has 1 heterocycles. The van der Waals surface area contributed by atoms with Gasteiger partial charge in [-0.1, -0.05) is 0 Å². The van der Waals surface area contributed by atoms with Gasteiger partial charge in [0, 0.05) is 23.5 Å². The van der Waals surface area contributed by atoms with Crippen LogP contribution in [0.2, 0.25) is 0 Å². The second kappa shape index (κ2) is 4.34. The molecule has 0 N–H and O–H groups in total. The lowest BCUT2D eigenvalue weighted by atomic mass is 9.98. The third-order valence-corrected chi connectivity index (χ3v) is 2.61. The molecule has 2 nitrogen and oxygen atoms in total. The molecule has 1 aromatic heterocycles. The molecule has 2 aromatic rings. The first-order valence-electron chi connectivity index (χ1n) is 5.24. The van der Waals surface area contributed by atoms with Gasteiger partial charge in [0.15, 0.2) is 0 Å². The van der Waals surface area contributed by atoms with E-state index in [2.05, 4.69) is 11.1 Å². The number of hydrogen-bond acceptors (Lipinski definition) is 2. The van der Waals surface area contributed by atoms with Crippen LogP contribution in [0.3, 0.4) is 0 Å². The van der Waals surface area contributed by atoms with Crippen LogP contribution in [-0.2, 0) is 0 Å². The Labute approximate surface area is 99.4 Å². The molecule has 0 atom stereocenters. The molecule has 0 aliphatic carbocycles. The van der Waals surface area contributed by atoms with E-state index in [1.54, 1.807) is 25.4 Å². The summed E-state index contributed by atoms with van der Waals surface area (Å²) >= 11 is 0. The van der Waals surface area contributed by atoms with Crippen molar-refractivity contribution in [3.8, 4) is 17.2 Å². The second-order valence-corrected chi connectivity index (χ2v) is 4.01. The van der Waals surface area contributed by atoms with Crippen LogP contribution in [0.1, 0.15) is 16.7 Å². The summed E-state index contributed by atoms with van der Waals surface area (Å²) in [5, 5.41) is 9.07. The molecule has 0 saturated carbocycles.